The van der Waals surface area contributed by atoms with Gasteiger partial charge >= 0.3 is 17.8 Å². The van der Waals surface area contributed by atoms with Crippen molar-refractivity contribution in [3.63, 3.8) is 0 Å². The third-order valence-electron chi connectivity index (χ3n) is 7.11. The van der Waals surface area contributed by atoms with Gasteiger partial charge in [0.05, 0.1) is 0 Å². The lowest BCUT2D eigenvalue weighted by molar-refractivity contribution is -0.146. The van der Waals surface area contributed by atoms with Crippen LogP contribution in [0.1, 0.15) is 51.0 Å². The highest BCUT2D eigenvalue weighted by molar-refractivity contribution is 6.45. The Labute approximate surface area is 183 Å². The van der Waals surface area contributed by atoms with E-state index in [1.165, 1.54) is 5.56 Å². The summed E-state index contributed by atoms with van der Waals surface area (Å²) < 4.78 is 0. The number of urea groups is 1. The number of rotatable bonds is 5. The van der Waals surface area contributed by atoms with Crippen LogP contribution >= 0.6 is 0 Å². The van der Waals surface area contributed by atoms with Crippen LogP contribution in [0, 0.1) is 11.8 Å². The number of piperidine rings is 1. The second-order valence-electron chi connectivity index (χ2n) is 9.19. The first-order chi connectivity index (χ1) is 15.0. The molecule has 31 heavy (non-hydrogen) atoms. The van der Waals surface area contributed by atoms with Crippen LogP contribution in [0.5, 0.6) is 0 Å². The number of imide groups is 2. The predicted molar refractivity (Wildman–Crippen MR) is 115 cm³/mol. The SMILES string of the molecule is C[C@@H]1CCCC[C@@H]1N1C(=O)C(=O)N(CC(=O)N2CCC(Cc3ccccc3)CC2)C1=O. The van der Waals surface area contributed by atoms with Gasteiger partial charge in [-0.25, -0.2) is 9.69 Å². The van der Waals surface area contributed by atoms with Gasteiger partial charge < -0.3 is 4.90 Å². The molecular weight excluding hydrogens is 394 g/mol. The Morgan fingerprint density at radius 1 is 0.935 bits per heavy atom. The molecule has 3 fully saturated rings. The van der Waals surface area contributed by atoms with Crippen LogP contribution in [0.15, 0.2) is 30.3 Å². The Morgan fingerprint density at radius 2 is 1.61 bits per heavy atom. The molecule has 0 N–H and O–H groups in total. The smallest absolute Gasteiger partial charge is 0.334 e. The molecule has 2 saturated heterocycles. The van der Waals surface area contributed by atoms with Crippen LogP contribution in [0.3, 0.4) is 0 Å². The van der Waals surface area contributed by atoms with Gasteiger partial charge in [0.25, 0.3) is 0 Å². The van der Waals surface area contributed by atoms with Crippen molar-refractivity contribution < 1.29 is 19.2 Å². The second-order valence-corrected chi connectivity index (χ2v) is 9.19. The molecule has 2 atom stereocenters. The summed E-state index contributed by atoms with van der Waals surface area (Å²) in [5.41, 5.74) is 1.30. The molecule has 5 amide bonds. The molecule has 1 aromatic carbocycles. The number of amides is 5. The maximum Gasteiger partial charge on any atom is 0.334 e. The molecule has 1 saturated carbocycles. The summed E-state index contributed by atoms with van der Waals surface area (Å²) in [6, 6.07) is 9.46. The molecule has 0 aromatic heterocycles. The van der Waals surface area contributed by atoms with Gasteiger partial charge in [0.2, 0.25) is 5.91 Å². The molecule has 0 bridgehead atoms. The second kappa shape index (κ2) is 9.20. The highest BCUT2D eigenvalue weighted by Crippen LogP contribution is 2.31. The fourth-order valence-corrected chi connectivity index (χ4v) is 5.20. The summed E-state index contributed by atoms with van der Waals surface area (Å²) in [6.07, 6.45) is 6.46. The van der Waals surface area contributed by atoms with E-state index in [0.717, 1.165) is 54.7 Å². The number of likely N-dealkylation sites (tertiary alicyclic amines) is 1. The first-order valence-corrected chi connectivity index (χ1v) is 11.5. The molecule has 1 aliphatic carbocycles. The lowest BCUT2D eigenvalue weighted by Crippen LogP contribution is -2.48. The van der Waals surface area contributed by atoms with Gasteiger partial charge in [0.15, 0.2) is 0 Å². The summed E-state index contributed by atoms with van der Waals surface area (Å²) in [7, 11) is 0. The summed E-state index contributed by atoms with van der Waals surface area (Å²) >= 11 is 0. The van der Waals surface area contributed by atoms with Crippen LogP contribution < -0.4 is 0 Å². The van der Waals surface area contributed by atoms with E-state index < -0.39 is 17.8 Å². The zero-order chi connectivity index (χ0) is 22.0. The van der Waals surface area contributed by atoms with Gasteiger partial charge in [-0.3, -0.25) is 19.3 Å². The normalized spacial score (nSPS) is 25.5. The van der Waals surface area contributed by atoms with Gasteiger partial charge in [-0.1, -0.05) is 50.1 Å². The van der Waals surface area contributed by atoms with Crippen LogP contribution in [0.4, 0.5) is 4.79 Å². The van der Waals surface area contributed by atoms with E-state index in [9.17, 15) is 19.2 Å². The molecule has 4 rings (SSSR count). The van der Waals surface area contributed by atoms with Crippen molar-refractivity contribution in [2.45, 2.75) is 57.9 Å². The van der Waals surface area contributed by atoms with Gasteiger partial charge in [-0.05, 0) is 49.5 Å². The molecule has 166 valence electrons. The number of carbonyl (C=O) groups is 4. The fraction of sp³-hybridized carbons (Fsp3) is 0.583. The van der Waals surface area contributed by atoms with Gasteiger partial charge in [-0.2, -0.15) is 0 Å². The third kappa shape index (κ3) is 4.50. The fourth-order valence-electron chi connectivity index (χ4n) is 5.20. The number of benzene rings is 1. The van der Waals surface area contributed by atoms with Crippen LogP contribution in [0.2, 0.25) is 0 Å². The highest BCUT2D eigenvalue weighted by atomic mass is 16.2. The number of hydrogen-bond donors (Lipinski definition) is 0. The van der Waals surface area contributed by atoms with E-state index in [2.05, 4.69) is 12.1 Å². The Hall–Kier alpha value is -2.70. The zero-order valence-electron chi connectivity index (χ0n) is 18.2. The van der Waals surface area contributed by atoms with E-state index >= 15 is 0 Å². The van der Waals surface area contributed by atoms with Crippen molar-refractivity contribution in [1.82, 2.24) is 14.7 Å². The van der Waals surface area contributed by atoms with Crippen molar-refractivity contribution in [3.05, 3.63) is 35.9 Å². The molecular formula is C24H31N3O4. The molecule has 7 heteroatoms. The Bertz CT molecular complexity index is 848. The highest BCUT2D eigenvalue weighted by Gasteiger charge is 2.49. The van der Waals surface area contributed by atoms with Crippen molar-refractivity contribution >= 4 is 23.8 Å². The molecule has 2 aliphatic heterocycles. The molecule has 1 aromatic rings. The minimum absolute atomic E-state index is 0.175. The van der Waals surface area contributed by atoms with Crippen molar-refractivity contribution in [3.8, 4) is 0 Å². The average Bonchev–Trinajstić information content (AvgIpc) is 2.98. The standard InChI is InChI=1S/C24H31N3O4/c1-17-7-5-6-10-20(17)27-23(30)22(29)26(24(27)31)16-21(28)25-13-11-19(12-14-25)15-18-8-3-2-4-9-18/h2-4,8-9,17,19-20H,5-7,10-16H2,1H3/t17-,20+/m1/s1. The first-order valence-electron chi connectivity index (χ1n) is 11.5. The molecule has 0 spiro atoms. The molecule has 2 heterocycles. The largest absolute Gasteiger partial charge is 0.341 e. The lowest BCUT2D eigenvalue weighted by Gasteiger charge is -2.34. The minimum Gasteiger partial charge on any atom is -0.341 e. The monoisotopic (exact) mass is 425 g/mol. The maximum absolute atomic E-state index is 12.9. The molecule has 3 aliphatic rings. The van der Waals surface area contributed by atoms with Crippen LogP contribution in [-0.2, 0) is 20.8 Å². The molecule has 0 unspecified atom stereocenters. The maximum atomic E-state index is 12.9. The lowest BCUT2D eigenvalue weighted by atomic mass is 9.85. The number of carbonyl (C=O) groups excluding carboxylic acids is 4. The number of nitrogens with zero attached hydrogens (tertiary/aromatic N) is 3. The topological polar surface area (TPSA) is 78.0 Å². The molecule has 0 radical (unpaired) electrons. The van der Waals surface area contributed by atoms with E-state index in [-0.39, 0.29) is 24.4 Å². The van der Waals surface area contributed by atoms with Crippen molar-refractivity contribution in [2.75, 3.05) is 19.6 Å². The predicted octanol–water partition coefficient (Wildman–Crippen LogP) is 2.84. The van der Waals surface area contributed by atoms with Crippen molar-refractivity contribution in [2.24, 2.45) is 11.8 Å². The summed E-state index contributed by atoms with van der Waals surface area (Å²) in [5, 5.41) is 0. The Morgan fingerprint density at radius 3 is 2.29 bits per heavy atom. The van der Waals surface area contributed by atoms with E-state index in [1.54, 1.807) is 4.90 Å². The van der Waals surface area contributed by atoms with Crippen LogP contribution in [0.25, 0.3) is 0 Å². The van der Waals surface area contributed by atoms with Gasteiger partial charge in [-0.15, -0.1) is 0 Å². The van der Waals surface area contributed by atoms with Gasteiger partial charge in [0, 0.05) is 19.1 Å². The zero-order valence-corrected chi connectivity index (χ0v) is 18.2. The van der Waals surface area contributed by atoms with Crippen molar-refractivity contribution in [1.29, 1.82) is 0 Å². The van der Waals surface area contributed by atoms with Crippen LogP contribution in [-0.4, -0.2) is 64.1 Å². The third-order valence-corrected chi connectivity index (χ3v) is 7.11. The van der Waals surface area contributed by atoms with E-state index in [0.29, 0.717) is 19.0 Å². The summed E-state index contributed by atoms with van der Waals surface area (Å²) in [4.78, 5) is 54.4. The molecule has 7 nitrogen and oxygen atoms in total. The average molecular weight is 426 g/mol. The first kappa shape index (κ1) is 21.5. The van der Waals surface area contributed by atoms with E-state index in [1.807, 2.05) is 25.1 Å². The van der Waals surface area contributed by atoms with E-state index in [4.69, 9.17) is 0 Å². The summed E-state index contributed by atoms with van der Waals surface area (Å²) in [5.74, 6) is -1.21. The van der Waals surface area contributed by atoms with Gasteiger partial charge in [0.1, 0.15) is 6.54 Å². The summed E-state index contributed by atoms with van der Waals surface area (Å²) in [6.45, 7) is 2.90. The minimum atomic E-state index is -0.866. The Balaban J connectivity index is 1.33. The Kier molecular flexibility index (Phi) is 6.39. The quantitative estimate of drug-likeness (QED) is 0.537. The number of hydrogen-bond acceptors (Lipinski definition) is 4.